The molecule has 1 aliphatic carbocycles. The van der Waals surface area contributed by atoms with Crippen LogP contribution in [0.1, 0.15) is 39.0 Å². The average molecular weight is 240 g/mol. The van der Waals surface area contributed by atoms with Gasteiger partial charge in [-0.3, -0.25) is 4.79 Å². The van der Waals surface area contributed by atoms with E-state index in [1.54, 1.807) is 0 Å². The molecule has 0 spiro atoms. The van der Waals surface area contributed by atoms with Crippen molar-refractivity contribution in [3.05, 3.63) is 0 Å². The first-order valence-corrected chi connectivity index (χ1v) is 6.81. The van der Waals surface area contributed by atoms with Gasteiger partial charge < -0.3 is 15.7 Å². The summed E-state index contributed by atoms with van der Waals surface area (Å²) in [6.07, 6.45) is 4.93. The van der Waals surface area contributed by atoms with Crippen molar-refractivity contribution in [2.24, 2.45) is 17.6 Å². The standard InChI is InChI=1S/C13H24N2O2/c1-2-6-13(17)8-15(9-13)12(16)11-5-3-4-10(11)7-14/h10-11,17H,2-9,14H2,1H3. The van der Waals surface area contributed by atoms with Gasteiger partial charge in [-0.25, -0.2) is 0 Å². The minimum Gasteiger partial charge on any atom is -0.386 e. The highest BCUT2D eigenvalue weighted by Crippen LogP contribution is 2.35. The number of hydrogen-bond acceptors (Lipinski definition) is 3. The molecule has 2 atom stereocenters. The summed E-state index contributed by atoms with van der Waals surface area (Å²) in [7, 11) is 0. The van der Waals surface area contributed by atoms with Gasteiger partial charge in [-0.15, -0.1) is 0 Å². The Bertz CT molecular complexity index is 287. The van der Waals surface area contributed by atoms with Crippen LogP contribution in [0.2, 0.25) is 0 Å². The van der Waals surface area contributed by atoms with Crippen LogP contribution in [0, 0.1) is 11.8 Å². The van der Waals surface area contributed by atoms with Crippen LogP contribution in [0.4, 0.5) is 0 Å². The van der Waals surface area contributed by atoms with Crippen LogP contribution in [0.15, 0.2) is 0 Å². The number of aliphatic hydroxyl groups is 1. The minimum absolute atomic E-state index is 0.117. The third kappa shape index (κ3) is 2.47. The first kappa shape index (κ1) is 12.8. The van der Waals surface area contributed by atoms with Crippen LogP contribution in [0.3, 0.4) is 0 Å². The molecule has 98 valence electrons. The number of hydrogen-bond donors (Lipinski definition) is 2. The van der Waals surface area contributed by atoms with E-state index in [0.717, 1.165) is 32.1 Å². The van der Waals surface area contributed by atoms with Gasteiger partial charge in [0.15, 0.2) is 0 Å². The van der Waals surface area contributed by atoms with Crippen molar-refractivity contribution in [1.29, 1.82) is 0 Å². The number of carbonyl (C=O) groups excluding carboxylic acids is 1. The molecule has 1 aliphatic heterocycles. The summed E-state index contributed by atoms with van der Waals surface area (Å²) in [5.74, 6) is 0.701. The third-order valence-corrected chi connectivity index (χ3v) is 4.28. The molecule has 0 aromatic rings. The van der Waals surface area contributed by atoms with Gasteiger partial charge in [0, 0.05) is 5.92 Å². The smallest absolute Gasteiger partial charge is 0.226 e. The Morgan fingerprint density at radius 2 is 2.18 bits per heavy atom. The highest BCUT2D eigenvalue weighted by atomic mass is 16.3. The van der Waals surface area contributed by atoms with Crippen LogP contribution >= 0.6 is 0 Å². The van der Waals surface area contributed by atoms with Crippen molar-refractivity contribution in [3.8, 4) is 0 Å². The van der Waals surface area contributed by atoms with E-state index in [1.807, 2.05) is 4.90 Å². The minimum atomic E-state index is -0.610. The fraction of sp³-hybridized carbons (Fsp3) is 0.923. The van der Waals surface area contributed by atoms with Crippen molar-refractivity contribution in [1.82, 2.24) is 4.90 Å². The molecule has 2 unspecified atom stereocenters. The molecule has 4 heteroatoms. The molecule has 3 N–H and O–H groups in total. The Morgan fingerprint density at radius 1 is 1.47 bits per heavy atom. The van der Waals surface area contributed by atoms with Crippen LogP contribution < -0.4 is 5.73 Å². The predicted molar refractivity (Wildman–Crippen MR) is 66.3 cm³/mol. The van der Waals surface area contributed by atoms with Gasteiger partial charge in [0.25, 0.3) is 0 Å². The van der Waals surface area contributed by atoms with Crippen molar-refractivity contribution < 1.29 is 9.90 Å². The SMILES string of the molecule is CCCC1(O)CN(C(=O)C2CCCC2CN)C1. The molecule has 17 heavy (non-hydrogen) atoms. The maximum absolute atomic E-state index is 12.2. The van der Waals surface area contributed by atoms with E-state index in [9.17, 15) is 9.90 Å². The van der Waals surface area contributed by atoms with Crippen LogP contribution in [-0.2, 0) is 4.79 Å². The maximum Gasteiger partial charge on any atom is 0.226 e. The molecular formula is C13H24N2O2. The van der Waals surface area contributed by atoms with Gasteiger partial charge in [-0.2, -0.15) is 0 Å². The van der Waals surface area contributed by atoms with Crippen molar-refractivity contribution in [3.63, 3.8) is 0 Å². The summed E-state index contributed by atoms with van der Waals surface area (Å²) < 4.78 is 0. The number of nitrogens with two attached hydrogens (primary N) is 1. The van der Waals surface area contributed by atoms with Gasteiger partial charge in [-0.05, 0) is 31.7 Å². The molecular weight excluding hydrogens is 216 g/mol. The first-order chi connectivity index (χ1) is 8.09. The van der Waals surface area contributed by atoms with Crippen molar-refractivity contribution in [2.45, 2.75) is 44.6 Å². The second-order valence-corrected chi connectivity index (χ2v) is 5.70. The molecule has 1 saturated carbocycles. The zero-order valence-corrected chi connectivity index (χ0v) is 10.7. The first-order valence-electron chi connectivity index (χ1n) is 6.81. The molecule has 1 saturated heterocycles. The summed E-state index contributed by atoms with van der Waals surface area (Å²) in [6.45, 7) is 3.72. The Kier molecular flexibility index (Phi) is 3.73. The monoisotopic (exact) mass is 240 g/mol. The normalized spacial score (nSPS) is 31.4. The highest BCUT2D eigenvalue weighted by Gasteiger charge is 2.46. The van der Waals surface area contributed by atoms with Crippen molar-refractivity contribution in [2.75, 3.05) is 19.6 Å². The van der Waals surface area contributed by atoms with Crippen LogP contribution in [-0.4, -0.2) is 41.1 Å². The number of amides is 1. The molecule has 0 radical (unpaired) electrons. The highest BCUT2D eigenvalue weighted by molar-refractivity contribution is 5.80. The molecule has 1 amide bonds. The predicted octanol–water partition coefficient (Wildman–Crippen LogP) is 0.735. The topological polar surface area (TPSA) is 66.6 Å². The number of nitrogens with zero attached hydrogens (tertiary/aromatic N) is 1. The van der Waals surface area contributed by atoms with Crippen LogP contribution in [0.5, 0.6) is 0 Å². The maximum atomic E-state index is 12.2. The van der Waals surface area contributed by atoms with E-state index in [-0.39, 0.29) is 11.8 Å². The lowest BCUT2D eigenvalue weighted by atomic mass is 9.86. The quantitative estimate of drug-likeness (QED) is 0.761. The second kappa shape index (κ2) is 4.94. The summed E-state index contributed by atoms with van der Waals surface area (Å²) in [4.78, 5) is 14.1. The zero-order chi connectivity index (χ0) is 12.5. The van der Waals surface area contributed by atoms with Crippen molar-refractivity contribution >= 4 is 5.91 Å². The number of likely N-dealkylation sites (tertiary alicyclic amines) is 1. The van der Waals surface area contributed by atoms with E-state index < -0.39 is 5.60 Å². The summed E-state index contributed by atoms with van der Waals surface area (Å²) in [5, 5.41) is 10.1. The molecule has 2 rings (SSSR count). The Balaban J connectivity index is 1.86. The Morgan fingerprint density at radius 3 is 2.76 bits per heavy atom. The zero-order valence-electron chi connectivity index (χ0n) is 10.7. The van der Waals surface area contributed by atoms with Gasteiger partial charge in [0.2, 0.25) is 5.91 Å². The molecule has 4 nitrogen and oxygen atoms in total. The van der Waals surface area contributed by atoms with E-state index >= 15 is 0 Å². The number of carbonyl (C=O) groups is 1. The number of β-amino-alcohol motifs (C(OH)–C–C–N with tert-alkyl or cyclic N) is 1. The van der Waals surface area contributed by atoms with Gasteiger partial charge in [0.1, 0.15) is 0 Å². The van der Waals surface area contributed by atoms with E-state index in [4.69, 9.17) is 5.73 Å². The third-order valence-electron chi connectivity index (χ3n) is 4.28. The fourth-order valence-electron chi connectivity index (χ4n) is 3.32. The van der Waals surface area contributed by atoms with E-state index in [1.165, 1.54) is 0 Å². The lowest BCUT2D eigenvalue weighted by Gasteiger charge is -2.47. The van der Waals surface area contributed by atoms with E-state index in [0.29, 0.717) is 25.6 Å². The molecule has 0 bridgehead atoms. The lowest BCUT2D eigenvalue weighted by Crippen LogP contribution is -2.64. The molecule has 2 aliphatic rings. The Hall–Kier alpha value is -0.610. The molecule has 2 fully saturated rings. The molecule has 0 aromatic heterocycles. The summed E-state index contributed by atoms with van der Waals surface area (Å²) in [6, 6.07) is 0. The van der Waals surface area contributed by atoms with Gasteiger partial charge >= 0.3 is 0 Å². The lowest BCUT2D eigenvalue weighted by molar-refractivity contribution is -0.161. The number of rotatable bonds is 4. The summed E-state index contributed by atoms with van der Waals surface area (Å²) >= 11 is 0. The molecule has 0 aromatic carbocycles. The average Bonchev–Trinajstić information content (AvgIpc) is 2.73. The Labute approximate surface area is 103 Å². The fourth-order valence-corrected chi connectivity index (χ4v) is 3.32. The second-order valence-electron chi connectivity index (χ2n) is 5.70. The van der Waals surface area contributed by atoms with E-state index in [2.05, 4.69) is 6.92 Å². The van der Waals surface area contributed by atoms with Crippen LogP contribution in [0.25, 0.3) is 0 Å². The van der Waals surface area contributed by atoms with Gasteiger partial charge in [0.05, 0.1) is 18.7 Å². The summed E-state index contributed by atoms with van der Waals surface area (Å²) in [5.41, 5.74) is 5.09. The molecule has 1 heterocycles. The van der Waals surface area contributed by atoms with Gasteiger partial charge in [-0.1, -0.05) is 19.8 Å². The largest absolute Gasteiger partial charge is 0.386 e.